The van der Waals surface area contributed by atoms with E-state index in [-0.39, 0.29) is 6.42 Å². The second-order valence-corrected chi connectivity index (χ2v) is 11.1. The summed E-state index contributed by atoms with van der Waals surface area (Å²) in [5, 5.41) is 20.4. The van der Waals surface area contributed by atoms with Crippen molar-refractivity contribution in [2.24, 2.45) is 10.8 Å². The first kappa shape index (κ1) is 29.0. The predicted molar refractivity (Wildman–Crippen MR) is 126 cm³/mol. The number of hydrogen-bond donors (Lipinski definition) is 2. The molecule has 1 aromatic rings. The number of ether oxygens (including phenoxy) is 4. The topological polar surface area (TPSA) is 129 Å². The number of carbonyl (C=O) groups is 3. The van der Waals surface area contributed by atoms with E-state index in [0.717, 1.165) is 5.56 Å². The Morgan fingerprint density at radius 3 is 2.06 bits per heavy atom. The molecule has 196 valence electrons. The molecule has 1 unspecified atom stereocenters. The Kier molecular flexibility index (Phi) is 9.70. The van der Waals surface area contributed by atoms with Crippen LogP contribution in [0.3, 0.4) is 0 Å². The summed E-state index contributed by atoms with van der Waals surface area (Å²) in [4.78, 5) is 37.3. The molecule has 1 aliphatic heterocycles. The standard InChI is InChI=1S/C25H35ClO9/c1-24(2,3)22(30)32-13-16-17(27)19(34-23(31)25(4,5)6)18(28)21(33-16)35-20(29)15(26)12-14-10-8-7-9-11-14/h7-11,15-19,21,27-28H,12-13H2,1-6H3/t15?,16-,17+,18-,19+,21-/m1/s1. The Balaban J connectivity index is 2.18. The van der Waals surface area contributed by atoms with Gasteiger partial charge in [0.15, 0.2) is 12.2 Å². The van der Waals surface area contributed by atoms with Crippen molar-refractivity contribution in [2.45, 2.75) is 84.0 Å². The smallest absolute Gasteiger partial charge is 0.326 e. The minimum atomic E-state index is -1.71. The average molecular weight is 515 g/mol. The molecule has 0 spiro atoms. The van der Waals surface area contributed by atoms with E-state index in [1.807, 2.05) is 6.07 Å². The predicted octanol–water partition coefficient (Wildman–Crippen LogP) is 2.37. The van der Waals surface area contributed by atoms with Crippen molar-refractivity contribution >= 4 is 29.5 Å². The molecule has 9 nitrogen and oxygen atoms in total. The minimum absolute atomic E-state index is 0.168. The van der Waals surface area contributed by atoms with Gasteiger partial charge in [-0.3, -0.25) is 14.4 Å². The van der Waals surface area contributed by atoms with Gasteiger partial charge in [-0.05, 0) is 53.5 Å². The lowest BCUT2D eigenvalue weighted by Crippen LogP contribution is -2.61. The van der Waals surface area contributed by atoms with Gasteiger partial charge in [0.2, 0.25) is 6.29 Å². The van der Waals surface area contributed by atoms with Crippen LogP contribution in [0.5, 0.6) is 0 Å². The largest absolute Gasteiger partial charge is 0.462 e. The second-order valence-electron chi connectivity index (χ2n) is 10.6. The molecule has 0 bridgehead atoms. The summed E-state index contributed by atoms with van der Waals surface area (Å²) in [7, 11) is 0. The third kappa shape index (κ3) is 8.17. The van der Waals surface area contributed by atoms with E-state index in [1.165, 1.54) is 0 Å². The zero-order chi connectivity index (χ0) is 26.6. The zero-order valence-corrected chi connectivity index (χ0v) is 21.7. The van der Waals surface area contributed by atoms with E-state index in [9.17, 15) is 24.6 Å². The highest BCUT2D eigenvalue weighted by Crippen LogP contribution is 2.29. The first-order valence-electron chi connectivity index (χ1n) is 11.4. The Labute approximate surface area is 210 Å². The highest BCUT2D eigenvalue weighted by atomic mass is 35.5. The molecule has 1 heterocycles. The van der Waals surface area contributed by atoms with E-state index in [2.05, 4.69) is 0 Å². The minimum Gasteiger partial charge on any atom is -0.462 e. The molecule has 6 atom stereocenters. The summed E-state index contributed by atoms with van der Waals surface area (Å²) < 4.78 is 21.5. The van der Waals surface area contributed by atoms with Gasteiger partial charge in [-0.25, -0.2) is 0 Å². The monoisotopic (exact) mass is 514 g/mol. The number of rotatable bonds is 7. The van der Waals surface area contributed by atoms with Crippen LogP contribution in [0.1, 0.15) is 47.1 Å². The van der Waals surface area contributed by atoms with Crippen LogP contribution >= 0.6 is 11.6 Å². The fourth-order valence-corrected chi connectivity index (χ4v) is 3.27. The van der Waals surface area contributed by atoms with Crippen molar-refractivity contribution in [1.82, 2.24) is 0 Å². The molecular formula is C25H35ClO9. The first-order chi connectivity index (χ1) is 16.1. The third-order valence-corrected chi connectivity index (χ3v) is 5.57. The van der Waals surface area contributed by atoms with Gasteiger partial charge in [0.25, 0.3) is 0 Å². The van der Waals surface area contributed by atoms with Gasteiger partial charge in [0.05, 0.1) is 10.8 Å². The molecule has 0 aliphatic carbocycles. The fourth-order valence-electron chi connectivity index (χ4n) is 3.04. The number of benzene rings is 1. The highest BCUT2D eigenvalue weighted by Gasteiger charge is 2.50. The van der Waals surface area contributed by atoms with Gasteiger partial charge in [-0.1, -0.05) is 30.3 Å². The van der Waals surface area contributed by atoms with Gasteiger partial charge in [-0.15, -0.1) is 11.6 Å². The van der Waals surface area contributed by atoms with Crippen LogP contribution in [-0.4, -0.2) is 70.8 Å². The number of esters is 3. The van der Waals surface area contributed by atoms with Crippen LogP contribution in [0, 0.1) is 10.8 Å². The summed E-state index contributed by atoms with van der Waals surface area (Å²) in [6, 6.07) is 9.03. The lowest BCUT2D eigenvalue weighted by atomic mass is 9.95. The molecule has 0 amide bonds. The molecule has 0 radical (unpaired) electrons. The van der Waals surface area contributed by atoms with Crippen molar-refractivity contribution in [2.75, 3.05) is 6.61 Å². The molecule has 10 heteroatoms. The van der Waals surface area contributed by atoms with Crippen molar-refractivity contribution < 1.29 is 43.5 Å². The van der Waals surface area contributed by atoms with E-state index in [1.54, 1.807) is 65.8 Å². The maximum atomic E-state index is 12.6. The number of hydrogen-bond acceptors (Lipinski definition) is 9. The van der Waals surface area contributed by atoms with Gasteiger partial charge in [0, 0.05) is 0 Å². The number of aliphatic hydroxyl groups is 2. The lowest BCUT2D eigenvalue weighted by Gasteiger charge is -2.42. The molecule has 0 saturated carbocycles. The Morgan fingerprint density at radius 2 is 1.51 bits per heavy atom. The molecule has 35 heavy (non-hydrogen) atoms. The summed E-state index contributed by atoms with van der Waals surface area (Å²) in [6.07, 6.45) is -7.48. The average Bonchev–Trinajstić information content (AvgIpc) is 2.76. The van der Waals surface area contributed by atoms with Gasteiger partial charge in [-0.2, -0.15) is 0 Å². The van der Waals surface area contributed by atoms with Crippen LogP contribution < -0.4 is 0 Å². The van der Waals surface area contributed by atoms with Crippen LogP contribution in [0.4, 0.5) is 0 Å². The van der Waals surface area contributed by atoms with Crippen LogP contribution in [0.15, 0.2) is 30.3 Å². The molecule has 2 N–H and O–H groups in total. The summed E-state index contributed by atoms with van der Waals surface area (Å²) >= 11 is 6.22. The summed E-state index contributed by atoms with van der Waals surface area (Å²) in [5.41, 5.74) is -0.949. The lowest BCUT2D eigenvalue weighted by molar-refractivity contribution is -0.297. The SMILES string of the molecule is CC(C)(C)C(=O)OC[C@H]1O[C@H](OC(=O)C(Cl)Cc2ccccc2)[C@H](O)[C@@H](OC(=O)C(C)(C)C)[C@H]1O. The third-order valence-electron chi connectivity index (χ3n) is 5.23. The molecule has 1 fully saturated rings. The van der Waals surface area contributed by atoms with Crippen molar-refractivity contribution in [1.29, 1.82) is 0 Å². The maximum Gasteiger partial charge on any atom is 0.326 e. The maximum absolute atomic E-state index is 12.6. The van der Waals surface area contributed by atoms with Crippen LogP contribution in [0.25, 0.3) is 0 Å². The van der Waals surface area contributed by atoms with Crippen molar-refractivity contribution in [3.63, 3.8) is 0 Å². The molecule has 1 aliphatic rings. The quantitative estimate of drug-likeness (QED) is 0.320. The van der Waals surface area contributed by atoms with Crippen molar-refractivity contribution in [3.05, 3.63) is 35.9 Å². The Morgan fingerprint density at radius 1 is 0.943 bits per heavy atom. The molecule has 0 aromatic heterocycles. The normalized spacial score (nSPS) is 25.9. The Hall–Kier alpha value is -2.20. The van der Waals surface area contributed by atoms with Crippen LogP contribution in [0.2, 0.25) is 0 Å². The number of carbonyl (C=O) groups excluding carboxylic acids is 3. The molecular weight excluding hydrogens is 480 g/mol. The van der Waals surface area contributed by atoms with E-state index in [0.29, 0.717) is 0 Å². The zero-order valence-electron chi connectivity index (χ0n) is 20.9. The molecule has 1 saturated heterocycles. The second kappa shape index (κ2) is 11.7. The molecule has 2 rings (SSSR count). The van der Waals surface area contributed by atoms with E-state index < -0.39 is 71.4 Å². The summed E-state index contributed by atoms with van der Waals surface area (Å²) in [5.74, 6) is -2.13. The fraction of sp³-hybridized carbons (Fsp3) is 0.640. The highest BCUT2D eigenvalue weighted by molar-refractivity contribution is 6.30. The van der Waals surface area contributed by atoms with Gasteiger partial charge >= 0.3 is 17.9 Å². The number of alkyl halides is 1. The van der Waals surface area contributed by atoms with Gasteiger partial charge < -0.3 is 29.2 Å². The Bertz CT molecular complexity index is 875. The van der Waals surface area contributed by atoms with E-state index in [4.69, 9.17) is 30.5 Å². The van der Waals surface area contributed by atoms with Crippen LogP contribution in [-0.2, 0) is 39.8 Å². The van der Waals surface area contributed by atoms with E-state index >= 15 is 0 Å². The van der Waals surface area contributed by atoms with Crippen molar-refractivity contribution in [3.8, 4) is 0 Å². The number of aliphatic hydroxyl groups excluding tert-OH is 2. The first-order valence-corrected chi connectivity index (χ1v) is 11.8. The van der Waals surface area contributed by atoms with Gasteiger partial charge in [0.1, 0.15) is 24.2 Å². The summed E-state index contributed by atoms with van der Waals surface area (Å²) in [6.45, 7) is 9.37. The number of halogens is 1. The molecule has 1 aromatic carbocycles.